The Labute approximate surface area is 188 Å². The highest BCUT2D eigenvalue weighted by atomic mass is 16.5. The second-order valence-electron chi connectivity index (χ2n) is 8.37. The Morgan fingerprint density at radius 1 is 0.710 bits per heavy atom. The van der Waals surface area contributed by atoms with Crippen molar-refractivity contribution in [1.29, 1.82) is 0 Å². The number of hydrogen-bond acceptors (Lipinski definition) is 6. The Morgan fingerprint density at radius 2 is 1.13 bits per heavy atom. The number of ketones is 2. The molecule has 0 heterocycles. The fourth-order valence-electron chi connectivity index (χ4n) is 3.58. The van der Waals surface area contributed by atoms with Crippen molar-refractivity contribution in [2.45, 2.75) is 117 Å². The summed E-state index contributed by atoms with van der Waals surface area (Å²) in [6.45, 7) is 4.71. The van der Waals surface area contributed by atoms with Crippen molar-refractivity contribution < 1.29 is 29.3 Å². The van der Waals surface area contributed by atoms with Crippen LogP contribution in [0.4, 0.5) is 0 Å². The molecule has 180 valence electrons. The van der Waals surface area contributed by atoms with E-state index in [0.717, 1.165) is 44.1 Å². The molecule has 0 bridgehead atoms. The number of ether oxygens (including phenoxy) is 1. The smallest absolute Gasteiger partial charge is 0.305 e. The lowest BCUT2D eigenvalue weighted by Crippen LogP contribution is -2.21. The van der Waals surface area contributed by atoms with Gasteiger partial charge < -0.3 is 14.9 Å². The normalized spacial score (nSPS) is 12.9. The van der Waals surface area contributed by atoms with Crippen LogP contribution in [0.2, 0.25) is 0 Å². The molecule has 0 aromatic heterocycles. The third-order valence-electron chi connectivity index (χ3n) is 5.45. The average Bonchev–Trinajstić information content (AvgIpc) is 2.73. The van der Waals surface area contributed by atoms with Gasteiger partial charge in [0.1, 0.15) is 12.7 Å². The Hall–Kier alpha value is -1.53. The number of esters is 1. The molecule has 0 fully saturated rings. The first kappa shape index (κ1) is 29.5. The molecule has 1 unspecified atom stereocenters. The van der Waals surface area contributed by atoms with E-state index in [2.05, 4.69) is 6.92 Å². The Balaban J connectivity index is 4.24. The topological polar surface area (TPSA) is 101 Å². The van der Waals surface area contributed by atoms with Gasteiger partial charge in [-0.05, 0) is 46.0 Å². The largest absolute Gasteiger partial charge is 0.463 e. The summed E-state index contributed by atoms with van der Waals surface area (Å²) in [4.78, 5) is 35.8. The molecule has 0 aliphatic carbocycles. The minimum atomic E-state index is -1.02. The molecule has 31 heavy (non-hydrogen) atoms. The lowest BCUT2D eigenvalue weighted by Gasteiger charge is -2.12. The van der Waals surface area contributed by atoms with E-state index < -0.39 is 12.7 Å². The maximum atomic E-state index is 12.1. The highest BCUT2D eigenvalue weighted by Gasteiger charge is 2.15. The van der Waals surface area contributed by atoms with Crippen molar-refractivity contribution in [2.75, 3.05) is 13.2 Å². The maximum Gasteiger partial charge on any atom is 0.305 e. The number of unbranched alkanes of at least 4 members (excludes halogenated alkanes) is 9. The molecule has 0 rings (SSSR count). The Bertz CT molecular complexity index is 552. The van der Waals surface area contributed by atoms with E-state index in [1.54, 1.807) is 13.8 Å². The van der Waals surface area contributed by atoms with Gasteiger partial charge in [-0.3, -0.25) is 14.4 Å². The van der Waals surface area contributed by atoms with Crippen LogP contribution < -0.4 is 0 Å². The van der Waals surface area contributed by atoms with Gasteiger partial charge in [-0.2, -0.15) is 0 Å². The SMILES string of the molecule is CCCCCCCC/C(C(C)=O)=C(\CCCCCCCC(=O)OCC(O)CO)C(C)=O. The molecule has 2 N–H and O–H groups in total. The second-order valence-corrected chi connectivity index (χ2v) is 8.37. The van der Waals surface area contributed by atoms with Crippen LogP contribution in [0.1, 0.15) is 111 Å². The van der Waals surface area contributed by atoms with E-state index in [9.17, 15) is 14.4 Å². The lowest BCUT2D eigenvalue weighted by atomic mass is 9.92. The molecule has 0 aromatic rings. The van der Waals surface area contributed by atoms with Gasteiger partial charge in [-0.1, -0.05) is 58.3 Å². The van der Waals surface area contributed by atoms with Crippen LogP contribution >= 0.6 is 0 Å². The molecule has 0 spiro atoms. The van der Waals surface area contributed by atoms with Crippen molar-refractivity contribution >= 4 is 17.5 Å². The number of carbonyl (C=O) groups excluding carboxylic acids is 3. The van der Waals surface area contributed by atoms with Crippen molar-refractivity contribution in [2.24, 2.45) is 0 Å². The first-order chi connectivity index (χ1) is 14.8. The summed E-state index contributed by atoms with van der Waals surface area (Å²) in [5.41, 5.74) is 1.42. The van der Waals surface area contributed by atoms with E-state index in [0.29, 0.717) is 31.3 Å². The van der Waals surface area contributed by atoms with Crippen molar-refractivity contribution in [3.63, 3.8) is 0 Å². The summed E-state index contributed by atoms with van der Waals surface area (Å²) in [7, 11) is 0. The van der Waals surface area contributed by atoms with Gasteiger partial charge in [0.15, 0.2) is 11.6 Å². The van der Waals surface area contributed by atoms with Crippen molar-refractivity contribution in [3.8, 4) is 0 Å². The molecule has 1 atom stereocenters. The van der Waals surface area contributed by atoms with Crippen molar-refractivity contribution in [1.82, 2.24) is 0 Å². The summed E-state index contributed by atoms with van der Waals surface area (Å²) in [5, 5.41) is 17.8. The summed E-state index contributed by atoms with van der Waals surface area (Å²) in [6, 6.07) is 0. The minimum absolute atomic E-state index is 0.00370. The zero-order valence-corrected chi connectivity index (χ0v) is 19.9. The zero-order chi connectivity index (χ0) is 23.5. The first-order valence-corrected chi connectivity index (χ1v) is 12.0. The third kappa shape index (κ3) is 15.9. The number of rotatable bonds is 20. The predicted octanol–water partition coefficient (Wildman–Crippen LogP) is 4.84. The van der Waals surface area contributed by atoms with Crippen LogP contribution in [0.25, 0.3) is 0 Å². The molecule has 0 amide bonds. The molecular formula is C25H44O6. The van der Waals surface area contributed by atoms with Gasteiger partial charge in [-0.25, -0.2) is 0 Å². The van der Waals surface area contributed by atoms with Gasteiger partial charge in [0, 0.05) is 17.6 Å². The minimum Gasteiger partial charge on any atom is -0.463 e. The highest BCUT2D eigenvalue weighted by molar-refractivity contribution is 6.04. The fourth-order valence-corrected chi connectivity index (χ4v) is 3.58. The van der Waals surface area contributed by atoms with E-state index in [1.807, 2.05) is 0 Å². The van der Waals surface area contributed by atoms with Gasteiger partial charge in [-0.15, -0.1) is 0 Å². The van der Waals surface area contributed by atoms with E-state index in [4.69, 9.17) is 14.9 Å². The van der Waals surface area contributed by atoms with Crippen LogP contribution in [0.15, 0.2) is 11.1 Å². The second kappa shape index (κ2) is 19.2. The van der Waals surface area contributed by atoms with E-state index in [-0.39, 0.29) is 24.1 Å². The summed E-state index contributed by atoms with van der Waals surface area (Å²) in [6.07, 6.45) is 11.9. The molecule has 6 heteroatoms. The number of allylic oxidation sites excluding steroid dienone is 2. The van der Waals surface area contributed by atoms with Crippen LogP contribution in [0.5, 0.6) is 0 Å². The first-order valence-electron chi connectivity index (χ1n) is 12.0. The molecule has 6 nitrogen and oxygen atoms in total. The van der Waals surface area contributed by atoms with Gasteiger partial charge >= 0.3 is 5.97 Å². The van der Waals surface area contributed by atoms with Crippen LogP contribution in [-0.2, 0) is 19.1 Å². The number of Topliss-reactive ketones (excluding diaryl/α,β-unsaturated/α-hetero) is 2. The van der Waals surface area contributed by atoms with Gasteiger partial charge in [0.2, 0.25) is 0 Å². The summed E-state index contributed by atoms with van der Waals surface area (Å²) >= 11 is 0. The molecule has 0 aliphatic rings. The summed E-state index contributed by atoms with van der Waals surface area (Å²) < 4.78 is 4.86. The maximum absolute atomic E-state index is 12.1. The monoisotopic (exact) mass is 440 g/mol. The Morgan fingerprint density at radius 3 is 1.55 bits per heavy atom. The standard InChI is InChI=1S/C25H44O6/c1-4-5-6-7-9-12-15-23(20(2)27)24(21(3)28)16-13-10-8-11-14-17-25(30)31-19-22(29)18-26/h22,26,29H,4-19H2,1-3H3/b24-23-. The molecular weight excluding hydrogens is 396 g/mol. The molecule has 0 radical (unpaired) electrons. The lowest BCUT2D eigenvalue weighted by molar-refractivity contribution is -0.147. The number of aliphatic hydroxyl groups excluding tert-OH is 2. The molecule has 0 saturated carbocycles. The molecule has 0 aromatic carbocycles. The zero-order valence-electron chi connectivity index (χ0n) is 19.9. The van der Waals surface area contributed by atoms with Crippen LogP contribution in [0, 0.1) is 0 Å². The highest BCUT2D eigenvalue weighted by Crippen LogP contribution is 2.22. The number of aliphatic hydroxyl groups is 2. The van der Waals surface area contributed by atoms with Crippen molar-refractivity contribution in [3.05, 3.63) is 11.1 Å². The number of carbonyl (C=O) groups is 3. The van der Waals surface area contributed by atoms with Gasteiger partial charge in [0.05, 0.1) is 6.61 Å². The van der Waals surface area contributed by atoms with Crippen LogP contribution in [0.3, 0.4) is 0 Å². The predicted molar refractivity (Wildman–Crippen MR) is 123 cm³/mol. The number of hydrogen-bond donors (Lipinski definition) is 2. The van der Waals surface area contributed by atoms with E-state index >= 15 is 0 Å². The Kier molecular flexibility index (Phi) is 18.2. The molecule has 0 saturated heterocycles. The van der Waals surface area contributed by atoms with Crippen LogP contribution in [-0.4, -0.2) is 47.1 Å². The summed E-state index contributed by atoms with van der Waals surface area (Å²) in [5.74, 6) is -0.345. The average molecular weight is 441 g/mol. The van der Waals surface area contributed by atoms with Gasteiger partial charge in [0.25, 0.3) is 0 Å². The third-order valence-corrected chi connectivity index (χ3v) is 5.45. The fraction of sp³-hybridized carbons (Fsp3) is 0.800. The quantitative estimate of drug-likeness (QED) is 0.160. The van der Waals surface area contributed by atoms with E-state index in [1.165, 1.54) is 25.7 Å². The molecule has 0 aliphatic heterocycles.